The topological polar surface area (TPSA) is 0 Å². The van der Waals surface area contributed by atoms with Crippen molar-refractivity contribution in [1.29, 1.82) is 0 Å². The lowest BCUT2D eigenvalue weighted by Gasteiger charge is -2.05. The fourth-order valence-electron chi connectivity index (χ4n) is 7.44. The highest BCUT2D eigenvalue weighted by Crippen LogP contribution is 2.46. The number of hydrogen-bond donors (Lipinski definition) is 0. The molecule has 0 fully saturated rings. The molecule has 0 N–H and O–H groups in total. The Labute approximate surface area is 218 Å². The van der Waals surface area contributed by atoms with E-state index in [0.717, 1.165) is 0 Å². The summed E-state index contributed by atoms with van der Waals surface area (Å²) in [6, 6.07) is 45.7. The van der Waals surface area contributed by atoms with E-state index in [4.69, 9.17) is 0 Å². The third-order valence-electron chi connectivity index (χ3n) is 9.04. The van der Waals surface area contributed by atoms with Gasteiger partial charge in [-0.2, -0.15) is 0 Å². The van der Waals surface area contributed by atoms with E-state index in [9.17, 15) is 0 Å². The average molecular weight is 477 g/mol. The van der Waals surface area contributed by atoms with E-state index in [1.54, 1.807) is 0 Å². The normalized spacial score (nSPS) is 12.7. The van der Waals surface area contributed by atoms with Gasteiger partial charge in [0.05, 0.1) is 0 Å². The van der Waals surface area contributed by atoms with Gasteiger partial charge < -0.3 is 0 Å². The van der Waals surface area contributed by atoms with E-state index in [0.29, 0.717) is 0 Å². The predicted octanol–water partition coefficient (Wildman–Crippen LogP) is 10.9. The molecule has 0 radical (unpaired) electrons. The van der Waals surface area contributed by atoms with Crippen molar-refractivity contribution in [1.82, 2.24) is 0 Å². The summed E-state index contributed by atoms with van der Waals surface area (Å²) in [5, 5.41) is 24.3. The van der Waals surface area contributed by atoms with Crippen LogP contribution >= 0.6 is 0 Å². The van der Waals surface area contributed by atoms with E-state index in [1.807, 2.05) is 0 Å². The minimum absolute atomic E-state index is 1.31. The summed E-state index contributed by atoms with van der Waals surface area (Å²) in [5.41, 5.74) is 0. The Hall–Kier alpha value is -4.94. The molecule has 0 heteroatoms. The molecule has 0 nitrogen and oxygen atoms in total. The number of fused-ring (bicyclic) bond motifs is 11. The van der Waals surface area contributed by atoms with Crippen LogP contribution in [-0.4, -0.2) is 0 Å². The fraction of sp³-hybridized carbons (Fsp3) is 0. The smallest absolute Gasteiger partial charge is 0.00199 e. The van der Waals surface area contributed by atoms with Gasteiger partial charge in [-0.15, -0.1) is 0 Å². The van der Waals surface area contributed by atoms with Gasteiger partial charge >= 0.3 is 0 Å². The van der Waals surface area contributed by atoms with E-state index in [1.165, 1.54) is 97.0 Å². The third-order valence-corrected chi connectivity index (χ3v) is 9.04. The summed E-state index contributed by atoms with van der Waals surface area (Å²) in [6.07, 6.45) is 0. The van der Waals surface area contributed by atoms with Crippen LogP contribution in [0.2, 0.25) is 0 Å². The maximum absolute atomic E-state index is 2.44. The van der Waals surface area contributed by atoms with Gasteiger partial charge in [0.15, 0.2) is 0 Å². The van der Waals surface area contributed by atoms with Crippen molar-refractivity contribution in [3.05, 3.63) is 121 Å². The molecule has 0 spiro atoms. The van der Waals surface area contributed by atoms with Crippen molar-refractivity contribution >= 4 is 97.0 Å². The highest BCUT2D eigenvalue weighted by Gasteiger charge is 2.17. The monoisotopic (exact) mass is 476 g/mol. The van der Waals surface area contributed by atoms with E-state index in [2.05, 4.69) is 121 Å². The summed E-state index contributed by atoms with van der Waals surface area (Å²) in [6.45, 7) is 0. The molecule has 10 rings (SSSR count). The van der Waals surface area contributed by atoms with E-state index in [-0.39, 0.29) is 0 Å². The Morgan fingerprint density at radius 1 is 0.211 bits per heavy atom. The molecule has 10 aromatic carbocycles. The molecule has 0 aliphatic rings. The minimum Gasteiger partial charge on any atom is -0.0616 e. The summed E-state index contributed by atoms with van der Waals surface area (Å²) >= 11 is 0. The molecule has 0 aromatic heterocycles. The van der Waals surface area contributed by atoms with Crippen LogP contribution in [0.1, 0.15) is 0 Å². The zero-order chi connectivity index (χ0) is 24.5. The van der Waals surface area contributed by atoms with Crippen LogP contribution in [0.25, 0.3) is 97.0 Å². The van der Waals surface area contributed by atoms with Crippen LogP contribution in [-0.2, 0) is 0 Å². The lowest BCUT2D eigenvalue weighted by molar-refractivity contribution is 1.82. The molecule has 0 bridgehead atoms. The first-order chi connectivity index (χ1) is 18.8. The first-order valence-corrected chi connectivity index (χ1v) is 13.4. The van der Waals surface area contributed by atoms with Crippen LogP contribution in [0.5, 0.6) is 0 Å². The Balaban J connectivity index is 1.41. The second-order valence-electron chi connectivity index (χ2n) is 10.9. The van der Waals surface area contributed by atoms with Crippen LogP contribution in [0, 0.1) is 0 Å². The van der Waals surface area contributed by atoms with Crippen molar-refractivity contribution in [3.63, 3.8) is 0 Å². The zero-order valence-corrected chi connectivity index (χ0v) is 20.5. The van der Waals surface area contributed by atoms with Gasteiger partial charge in [-0.25, -0.2) is 0 Å². The lowest BCUT2D eigenvalue weighted by Crippen LogP contribution is -1.77. The molecule has 10 aromatic rings. The first-order valence-electron chi connectivity index (χ1n) is 13.4. The van der Waals surface area contributed by atoms with Gasteiger partial charge in [0, 0.05) is 0 Å². The highest BCUT2D eigenvalue weighted by atomic mass is 14.2. The molecule has 0 atom stereocenters. The molecule has 0 heterocycles. The predicted molar refractivity (Wildman–Crippen MR) is 166 cm³/mol. The third kappa shape index (κ3) is 2.20. The Morgan fingerprint density at radius 2 is 0.526 bits per heavy atom. The van der Waals surface area contributed by atoms with Gasteiger partial charge in [-0.1, -0.05) is 84.9 Å². The average Bonchev–Trinajstić information content (AvgIpc) is 3.44. The number of benzene rings is 8. The van der Waals surface area contributed by atoms with Gasteiger partial charge in [0.1, 0.15) is 0 Å². The maximum atomic E-state index is 2.44. The van der Waals surface area contributed by atoms with Crippen molar-refractivity contribution in [2.45, 2.75) is 0 Å². The molecule has 0 unspecified atom stereocenters. The second kappa shape index (κ2) is 6.49. The second-order valence-corrected chi connectivity index (χ2v) is 10.9. The summed E-state index contributed by atoms with van der Waals surface area (Å²) in [4.78, 5) is 0. The first kappa shape index (κ1) is 19.2. The van der Waals surface area contributed by atoms with Crippen molar-refractivity contribution < 1.29 is 0 Å². The van der Waals surface area contributed by atoms with Gasteiger partial charge in [0.25, 0.3) is 0 Å². The quantitative estimate of drug-likeness (QED) is 0.191. The fourth-order valence-corrected chi connectivity index (χ4v) is 7.44. The molecule has 0 saturated heterocycles. The molecule has 0 aliphatic heterocycles. The Kier molecular flexibility index (Phi) is 3.28. The molecule has 0 amide bonds. The molecule has 0 saturated carbocycles. The Morgan fingerprint density at radius 3 is 0.974 bits per heavy atom. The number of rotatable bonds is 0. The largest absolute Gasteiger partial charge is 0.0616 e. The molecule has 0 aliphatic carbocycles. The molecular formula is C38H20. The van der Waals surface area contributed by atoms with E-state index >= 15 is 0 Å². The van der Waals surface area contributed by atoms with Crippen molar-refractivity contribution in [3.8, 4) is 0 Å². The van der Waals surface area contributed by atoms with Crippen LogP contribution in [0.15, 0.2) is 121 Å². The zero-order valence-electron chi connectivity index (χ0n) is 20.5. The van der Waals surface area contributed by atoms with Crippen LogP contribution in [0.3, 0.4) is 0 Å². The van der Waals surface area contributed by atoms with Crippen molar-refractivity contribution in [2.24, 2.45) is 0 Å². The standard InChI is InChI=1S/C38H20/c1-3-9-25-21(7-1)15-35-33-19-24-20-34-32(18-23(24)17-31(33)29-13-5-11-27(25)37(29)35)30-14-6-12-28-26-10-4-2-8-22(26)16-36(34)38(28)30/h1-20H. The van der Waals surface area contributed by atoms with Crippen LogP contribution < -0.4 is 0 Å². The van der Waals surface area contributed by atoms with Gasteiger partial charge in [-0.05, 0) is 133 Å². The molecule has 38 heavy (non-hydrogen) atoms. The SMILES string of the molecule is c1ccc2c(c1)cc1c3cc4cc5c(cc4cc3c3cccc2c31)c1cccc2c3ccccc3cc5c21. The van der Waals surface area contributed by atoms with Gasteiger partial charge in [0.2, 0.25) is 0 Å². The highest BCUT2D eigenvalue weighted by molar-refractivity contribution is 6.38. The maximum Gasteiger partial charge on any atom is -0.00199 e. The number of hydrogen-bond acceptors (Lipinski definition) is 0. The summed E-state index contributed by atoms with van der Waals surface area (Å²) < 4.78 is 0. The summed E-state index contributed by atoms with van der Waals surface area (Å²) in [7, 11) is 0. The molecule has 172 valence electrons. The van der Waals surface area contributed by atoms with E-state index < -0.39 is 0 Å². The Bertz CT molecular complexity index is 2420. The lowest BCUT2D eigenvalue weighted by atomic mass is 9.98. The van der Waals surface area contributed by atoms with Gasteiger partial charge in [-0.3, -0.25) is 0 Å². The van der Waals surface area contributed by atoms with Crippen LogP contribution in [0.4, 0.5) is 0 Å². The molecular weight excluding hydrogens is 456 g/mol. The summed E-state index contributed by atoms with van der Waals surface area (Å²) in [5.74, 6) is 0. The minimum atomic E-state index is 1.31. The van der Waals surface area contributed by atoms with Crippen molar-refractivity contribution in [2.75, 3.05) is 0 Å².